The van der Waals surface area contributed by atoms with Gasteiger partial charge in [0.25, 0.3) is 0 Å². The van der Waals surface area contributed by atoms with E-state index in [1.807, 2.05) is 18.5 Å². The molecular weight excluding hydrogens is 246 g/mol. The zero-order valence-corrected chi connectivity index (χ0v) is 12.7. The molecular formula is C17H27N3. The minimum atomic E-state index is 0.875. The highest BCUT2D eigenvalue weighted by Crippen LogP contribution is 2.31. The molecule has 2 heterocycles. The molecule has 0 radical (unpaired) electrons. The highest BCUT2D eigenvalue weighted by atomic mass is 15.3. The molecule has 1 aliphatic carbocycles. The predicted octanol–water partition coefficient (Wildman–Crippen LogP) is 2.78. The van der Waals surface area contributed by atoms with Crippen molar-refractivity contribution in [2.45, 2.75) is 45.2 Å². The molecule has 3 nitrogen and oxygen atoms in total. The first-order valence-electron chi connectivity index (χ1n) is 8.20. The number of hydrogen-bond donors (Lipinski definition) is 0. The molecule has 0 N–H and O–H groups in total. The van der Waals surface area contributed by atoms with Crippen molar-refractivity contribution >= 4 is 0 Å². The van der Waals surface area contributed by atoms with E-state index in [0.717, 1.165) is 18.5 Å². The van der Waals surface area contributed by atoms with E-state index in [-0.39, 0.29) is 0 Å². The molecule has 1 aromatic heterocycles. The zero-order valence-electron chi connectivity index (χ0n) is 12.7. The van der Waals surface area contributed by atoms with Gasteiger partial charge in [0, 0.05) is 51.2 Å². The van der Waals surface area contributed by atoms with E-state index in [9.17, 15) is 0 Å². The second-order valence-corrected chi connectivity index (χ2v) is 6.41. The monoisotopic (exact) mass is 273 g/mol. The van der Waals surface area contributed by atoms with Crippen LogP contribution in [0.4, 0.5) is 0 Å². The van der Waals surface area contributed by atoms with Crippen LogP contribution in [0.15, 0.2) is 24.5 Å². The zero-order chi connectivity index (χ0) is 13.8. The average Bonchev–Trinajstić information content (AvgIpc) is 2.98. The van der Waals surface area contributed by atoms with Crippen LogP contribution in [-0.4, -0.2) is 47.0 Å². The lowest BCUT2D eigenvalue weighted by Gasteiger charge is -2.38. The summed E-state index contributed by atoms with van der Waals surface area (Å²) in [5.74, 6) is 0.994. The largest absolute Gasteiger partial charge is 0.298 e. The molecule has 20 heavy (non-hydrogen) atoms. The summed E-state index contributed by atoms with van der Waals surface area (Å²) in [4.78, 5) is 9.52. The number of nitrogens with zero attached hydrogens (tertiary/aromatic N) is 3. The third-order valence-corrected chi connectivity index (χ3v) is 5.14. The molecule has 1 aromatic rings. The van der Waals surface area contributed by atoms with Crippen molar-refractivity contribution in [3.63, 3.8) is 0 Å². The Morgan fingerprint density at radius 1 is 1.20 bits per heavy atom. The standard InChI is InChI=1S/C17H27N3/c1-2-15-5-6-17(12-15)20-10-8-19(9-11-20)14-16-4-3-7-18-13-16/h3-4,7,13,15,17H,2,5-6,8-12,14H2,1H3/t15-,17+/m1/s1. The van der Waals surface area contributed by atoms with Gasteiger partial charge in [0.2, 0.25) is 0 Å². The number of rotatable bonds is 4. The van der Waals surface area contributed by atoms with Crippen LogP contribution in [0.5, 0.6) is 0 Å². The molecule has 1 aliphatic heterocycles. The average molecular weight is 273 g/mol. The summed E-state index contributed by atoms with van der Waals surface area (Å²) >= 11 is 0. The second kappa shape index (κ2) is 6.68. The molecule has 3 heteroatoms. The van der Waals surface area contributed by atoms with E-state index in [0.29, 0.717) is 0 Å². The topological polar surface area (TPSA) is 19.4 Å². The Hall–Kier alpha value is -0.930. The van der Waals surface area contributed by atoms with Crippen LogP contribution >= 0.6 is 0 Å². The van der Waals surface area contributed by atoms with Crippen LogP contribution in [0, 0.1) is 5.92 Å². The Morgan fingerprint density at radius 3 is 2.70 bits per heavy atom. The van der Waals surface area contributed by atoms with Crippen molar-refractivity contribution in [2.75, 3.05) is 26.2 Å². The smallest absolute Gasteiger partial charge is 0.0312 e. The lowest BCUT2D eigenvalue weighted by atomic mass is 10.0. The normalized spacial score (nSPS) is 28.9. The quantitative estimate of drug-likeness (QED) is 0.841. The third kappa shape index (κ3) is 3.39. The van der Waals surface area contributed by atoms with Crippen molar-refractivity contribution in [3.8, 4) is 0 Å². The molecule has 2 aliphatic rings. The molecule has 0 unspecified atom stereocenters. The van der Waals surface area contributed by atoms with Crippen LogP contribution < -0.4 is 0 Å². The summed E-state index contributed by atoms with van der Waals surface area (Å²) in [5.41, 5.74) is 1.34. The fourth-order valence-corrected chi connectivity index (χ4v) is 3.79. The summed E-state index contributed by atoms with van der Waals surface area (Å²) in [6, 6.07) is 5.09. The summed E-state index contributed by atoms with van der Waals surface area (Å²) in [6.07, 6.45) is 9.55. The molecule has 2 fully saturated rings. The molecule has 0 aromatic carbocycles. The van der Waals surface area contributed by atoms with Gasteiger partial charge in [-0.3, -0.25) is 14.8 Å². The molecule has 0 bridgehead atoms. The van der Waals surface area contributed by atoms with Gasteiger partial charge in [0.05, 0.1) is 0 Å². The van der Waals surface area contributed by atoms with Crippen molar-refractivity contribution in [2.24, 2.45) is 5.92 Å². The van der Waals surface area contributed by atoms with Gasteiger partial charge in [-0.2, -0.15) is 0 Å². The maximum Gasteiger partial charge on any atom is 0.0312 e. The Labute approximate surface area is 123 Å². The fraction of sp³-hybridized carbons (Fsp3) is 0.706. The highest BCUT2D eigenvalue weighted by Gasteiger charge is 2.30. The van der Waals surface area contributed by atoms with Gasteiger partial charge in [0.1, 0.15) is 0 Å². The van der Waals surface area contributed by atoms with E-state index in [1.54, 1.807) is 0 Å². The van der Waals surface area contributed by atoms with Crippen molar-refractivity contribution < 1.29 is 0 Å². The maximum absolute atomic E-state index is 4.21. The Balaban J connectivity index is 1.45. The first-order valence-corrected chi connectivity index (χ1v) is 8.20. The van der Waals surface area contributed by atoms with Crippen LogP contribution in [0.2, 0.25) is 0 Å². The van der Waals surface area contributed by atoms with E-state index in [1.165, 1.54) is 57.4 Å². The van der Waals surface area contributed by atoms with Gasteiger partial charge < -0.3 is 0 Å². The van der Waals surface area contributed by atoms with Crippen LogP contribution in [0.1, 0.15) is 38.2 Å². The molecule has 2 atom stereocenters. The third-order valence-electron chi connectivity index (χ3n) is 5.14. The summed E-state index contributed by atoms with van der Waals surface area (Å²) in [6.45, 7) is 8.33. The fourth-order valence-electron chi connectivity index (χ4n) is 3.79. The minimum Gasteiger partial charge on any atom is -0.298 e. The van der Waals surface area contributed by atoms with Crippen molar-refractivity contribution in [1.82, 2.24) is 14.8 Å². The number of hydrogen-bond acceptors (Lipinski definition) is 3. The van der Waals surface area contributed by atoms with Gasteiger partial charge >= 0.3 is 0 Å². The minimum absolute atomic E-state index is 0.875. The summed E-state index contributed by atoms with van der Waals surface area (Å²) in [5, 5.41) is 0. The Morgan fingerprint density at radius 2 is 2.05 bits per heavy atom. The van der Waals surface area contributed by atoms with Gasteiger partial charge in [-0.1, -0.05) is 19.4 Å². The Kier molecular flexibility index (Phi) is 4.69. The van der Waals surface area contributed by atoms with E-state index < -0.39 is 0 Å². The second-order valence-electron chi connectivity index (χ2n) is 6.41. The maximum atomic E-state index is 4.21. The predicted molar refractivity (Wildman–Crippen MR) is 82.5 cm³/mol. The summed E-state index contributed by atoms with van der Waals surface area (Å²) < 4.78 is 0. The molecule has 1 saturated carbocycles. The number of pyridine rings is 1. The molecule has 3 rings (SSSR count). The molecule has 0 spiro atoms. The van der Waals surface area contributed by atoms with Crippen LogP contribution in [-0.2, 0) is 6.54 Å². The van der Waals surface area contributed by atoms with Gasteiger partial charge in [0.15, 0.2) is 0 Å². The lowest BCUT2D eigenvalue weighted by Crippen LogP contribution is -2.49. The highest BCUT2D eigenvalue weighted by molar-refractivity contribution is 5.08. The van der Waals surface area contributed by atoms with E-state index >= 15 is 0 Å². The van der Waals surface area contributed by atoms with Crippen molar-refractivity contribution in [1.29, 1.82) is 0 Å². The first kappa shape index (κ1) is 14.0. The Bertz CT molecular complexity index is 398. The van der Waals surface area contributed by atoms with Gasteiger partial charge in [-0.25, -0.2) is 0 Å². The van der Waals surface area contributed by atoms with Crippen LogP contribution in [0.3, 0.4) is 0 Å². The molecule has 110 valence electrons. The molecule has 0 amide bonds. The van der Waals surface area contributed by atoms with Gasteiger partial charge in [-0.05, 0) is 36.8 Å². The lowest BCUT2D eigenvalue weighted by molar-refractivity contribution is 0.0920. The van der Waals surface area contributed by atoms with E-state index in [2.05, 4.69) is 27.8 Å². The first-order chi connectivity index (χ1) is 9.85. The number of aromatic nitrogens is 1. The summed E-state index contributed by atoms with van der Waals surface area (Å²) in [7, 11) is 0. The number of piperazine rings is 1. The SMILES string of the molecule is CC[C@@H]1CC[C@H](N2CCN(Cc3cccnc3)CC2)C1. The van der Waals surface area contributed by atoms with Crippen molar-refractivity contribution in [3.05, 3.63) is 30.1 Å². The van der Waals surface area contributed by atoms with Crippen LogP contribution in [0.25, 0.3) is 0 Å². The van der Waals surface area contributed by atoms with Gasteiger partial charge in [-0.15, -0.1) is 0 Å². The molecule has 1 saturated heterocycles. The van der Waals surface area contributed by atoms with E-state index in [4.69, 9.17) is 0 Å².